The topological polar surface area (TPSA) is 88.0 Å². The van der Waals surface area contributed by atoms with Crippen molar-refractivity contribution in [3.8, 4) is 11.1 Å². The van der Waals surface area contributed by atoms with Gasteiger partial charge in [0.25, 0.3) is 5.56 Å². The molecule has 0 spiro atoms. The number of carbonyl (C=O) groups is 1. The fourth-order valence-electron chi connectivity index (χ4n) is 4.33. The van der Waals surface area contributed by atoms with Gasteiger partial charge in [-0.1, -0.05) is 23.7 Å². The first-order chi connectivity index (χ1) is 16.2. The molecular formula is C26H19ClFN3O3. The fraction of sp³-hybridized carbons (Fsp3) is 0.115. The quantitative estimate of drug-likeness (QED) is 0.326. The van der Waals surface area contributed by atoms with E-state index in [2.05, 4.69) is 9.97 Å². The minimum Gasteiger partial charge on any atom is -0.477 e. The Morgan fingerprint density at radius 1 is 1.18 bits per heavy atom. The highest BCUT2D eigenvalue weighted by Gasteiger charge is 2.26. The number of hydrogen-bond acceptors (Lipinski definition) is 3. The molecule has 0 bridgehead atoms. The van der Waals surface area contributed by atoms with Crippen LogP contribution >= 0.6 is 11.6 Å². The Balaban J connectivity index is 1.83. The number of hydrogen-bond donors (Lipinski definition) is 2. The predicted molar refractivity (Wildman–Crippen MR) is 130 cm³/mol. The van der Waals surface area contributed by atoms with Gasteiger partial charge in [-0.2, -0.15) is 0 Å². The number of rotatable bonds is 4. The van der Waals surface area contributed by atoms with E-state index in [0.717, 1.165) is 16.5 Å². The van der Waals surface area contributed by atoms with Crippen molar-refractivity contribution in [2.45, 2.75) is 20.4 Å². The molecule has 0 atom stereocenters. The van der Waals surface area contributed by atoms with Crippen molar-refractivity contribution in [3.05, 3.63) is 98.4 Å². The average Bonchev–Trinajstić information content (AvgIpc) is 3.08. The summed E-state index contributed by atoms with van der Waals surface area (Å²) in [5.74, 6) is -1.72. The van der Waals surface area contributed by atoms with Gasteiger partial charge in [0.05, 0.1) is 17.6 Å². The Hall–Kier alpha value is -3.97. The number of benzene rings is 2. The van der Waals surface area contributed by atoms with E-state index < -0.39 is 17.3 Å². The molecule has 34 heavy (non-hydrogen) atoms. The van der Waals surface area contributed by atoms with Crippen molar-refractivity contribution in [3.63, 3.8) is 0 Å². The van der Waals surface area contributed by atoms with Gasteiger partial charge >= 0.3 is 5.97 Å². The van der Waals surface area contributed by atoms with Crippen LogP contribution in [0.3, 0.4) is 0 Å². The third kappa shape index (κ3) is 3.54. The van der Waals surface area contributed by atoms with Crippen LogP contribution < -0.4 is 5.56 Å². The van der Waals surface area contributed by atoms with Crippen LogP contribution in [-0.4, -0.2) is 25.6 Å². The van der Waals surface area contributed by atoms with E-state index in [9.17, 15) is 19.1 Å². The lowest BCUT2D eigenvalue weighted by Crippen LogP contribution is -2.14. The lowest BCUT2D eigenvalue weighted by Gasteiger charge is -2.12. The largest absolute Gasteiger partial charge is 0.477 e. The Morgan fingerprint density at radius 3 is 2.71 bits per heavy atom. The lowest BCUT2D eigenvalue weighted by molar-refractivity contribution is 0.0687. The standard InChI is InChI=1S/C26H19ClFN3O3/c1-13-5-6-15-10-16(24(27)30-20(15)8-13)12-31-21-11-19(28)14(2)9-18(21)22(23(31)26(33)34)17-4-3-7-29-25(17)32/h3-11H,12H2,1-2H3,(H,29,32)(H,33,34). The molecule has 3 heterocycles. The van der Waals surface area contributed by atoms with Gasteiger partial charge in [-0.3, -0.25) is 4.79 Å². The molecule has 5 aromatic rings. The van der Waals surface area contributed by atoms with Gasteiger partial charge in [-0.15, -0.1) is 0 Å². The third-order valence-corrected chi connectivity index (χ3v) is 6.29. The second-order valence-corrected chi connectivity index (χ2v) is 8.64. The monoisotopic (exact) mass is 475 g/mol. The number of carboxylic acids is 1. The number of halogens is 2. The molecule has 0 saturated carbocycles. The molecule has 0 saturated heterocycles. The zero-order chi connectivity index (χ0) is 24.1. The van der Waals surface area contributed by atoms with Crippen molar-refractivity contribution >= 4 is 39.4 Å². The Morgan fingerprint density at radius 2 is 1.97 bits per heavy atom. The highest BCUT2D eigenvalue weighted by molar-refractivity contribution is 6.30. The summed E-state index contributed by atoms with van der Waals surface area (Å²) < 4.78 is 16.1. The van der Waals surface area contributed by atoms with E-state index in [0.29, 0.717) is 22.0 Å². The SMILES string of the molecule is Cc1ccc2cc(Cn3c(C(=O)O)c(-c4ccc[nH]c4=O)c4cc(C)c(F)cc43)c(Cl)nc2c1. The van der Waals surface area contributed by atoms with E-state index in [1.54, 1.807) is 25.1 Å². The summed E-state index contributed by atoms with van der Waals surface area (Å²) in [6.07, 6.45) is 1.47. The summed E-state index contributed by atoms with van der Waals surface area (Å²) in [6, 6.07) is 13.7. The van der Waals surface area contributed by atoms with Gasteiger partial charge < -0.3 is 14.7 Å². The summed E-state index contributed by atoms with van der Waals surface area (Å²) in [4.78, 5) is 32.2. The minimum absolute atomic E-state index is 0.0288. The first-order valence-corrected chi connectivity index (χ1v) is 10.9. The number of aryl methyl sites for hydroxylation is 2. The van der Waals surface area contributed by atoms with E-state index in [1.807, 2.05) is 31.2 Å². The molecule has 0 aliphatic rings. The molecule has 2 N–H and O–H groups in total. The first-order valence-electron chi connectivity index (χ1n) is 10.5. The second-order valence-electron chi connectivity index (χ2n) is 8.28. The maximum atomic E-state index is 14.6. The number of H-pyrrole nitrogens is 1. The summed E-state index contributed by atoms with van der Waals surface area (Å²) in [6.45, 7) is 3.58. The zero-order valence-electron chi connectivity index (χ0n) is 18.3. The van der Waals surface area contributed by atoms with Gasteiger partial charge in [0, 0.05) is 33.7 Å². The van der Waals surface area contributed by atoms with Crippen LogP contribution in [0.4, 0.5) is 4.39 Å². The smallest absolute Gasteiger partial charge is 0.353 e. The molecule has 3 aromatic heterocycles. The number of fused-ring (bicyclic) bond motifs is 2. The normalized spacial score (nSPS) is 11.4. The van der Waals surface area contributed by atoms with Gasteiger partial charge in [0.2, 0.25) is 0 Å². The molecule has 0 fully saturated rings. The Kier molecular flexibility index (Phi) is 5.21. The highest BCUT2D eigenvalue weighted by Crippen LogP contribution is 2.36. The summed E-state index contributed by atoms with van der Waals surface area (Å²) in [5.41, 5.74) is 2.88. The van der Waals surface area contributed by atoms with Crippen LogP contribution in [-0.2, 0) is 6.54 Å². The molecule has 6 nitrogen and oxygen atoms in total. The minimum atomic E-state index is -1.24. The number of nitrogens with one attached hydrogen (secondary N) is 1. The highest BCUT2D eigenvalue weighted by atomic mass is 35.5. The van der Waals surface area contributed by atoms with Gasteiger partial charge in [0.15, 0.2) is 0 Å². The number of aromatic nitrogens is 3. The van der Waals surface area contributed by atoms with Gasteiger partial charge in [-0.25, -0.2) is 14.2 Å². The molecule has 0 aliphatic heterocycles. The van der Waals surface area contributed by atoms with Crippen LogP contribution in [0.15, 0.2) is 59.5 Å². The molecule has 5 rings (SSSR count). The van der Waals surface area contributed by atoms with Crippen LogP contribution in [0.1, 0.15) is 27.2 Å². The molecule has 0 aliphatic carbocycles. The number of pyridine rings is 2. The Labute approximate surface area is 198 Å². The predicted octanol–water partition coefficient (Wildman–Crippen LogP) is 5.70. The van der Waals surface area contributed by atoms with E-state index in [4.69, 9.17) is 11.6 Å². The number of aromatic amines is 1. The average molecular weight is 476 g/mol. The molecule has 0 radical (unpaired) electrons. The summed E-state index contributed by atoms with van der Waals surface area (Å²) in [5, 5.41) is 11.8. The summed E-state index contributed by atoms with van der Waals surface area (Å²) in [7, 11) is 0. The lowest BCUT2D eigenvalue weighted by atomic mass is 10.0. The maximum absolute atomic E-state index is 14.6. The van der Waals surface area contributed by atoms with Crippen molar-refractivity contribution < 1.29 is 14.3 Å². The maximum Gasteiger partial charge on any atom is 0.353 e. The summed E-state index contributed by atoms with van der Waals surface area (Å²) >= 11 is 6.49. The van der Waals surface area contributed by atoms with Gasteiger partial charge in [-0.05, 0) is 61.4 Å². The fourth-order valence-corrected chi connectivity index (χ4v) is 4.54. The molecule has 0 unspecified atom stereocenters. The van der Waals surface area contributed by atoms with Crippen LogP contribution in [0.2, 0.25) is 5.15 Å². The van der Waals surface area contributed by atoms with Crippen LogP contribution in [0.5, 0.6) is 0 Å². The first kappa shape index (κ1) is 21.9. The molecule has 2 aromatic carbocycles. The van der Waals surface area contributed by atoms with Crippen molar-refractivity contribution in [2.75, 3.05) is 0 Å². The molecular weight excluding hydrogens is 457 g/mol. The van der Waals surface area contributed by atoms with E-state index >= 15 is 0 Å². The molecule has 0 amide bonds. The molecule has 8 heteroatoms. The van der Waals surface area contributed by atoms with E-state index in [1.165, 1.54) is 16.8 Å². The number of aromatic carboxylic acids is 1. The van der Waals surface area contributed by atoms with Crippen LogP contribution in [0.25, 0.3) is 32.9 Å². The second kappa shape index (κ2) is 8.11. The zero-order valence-corrected chi connectivity index (χ0v) is 19.1. The number of nitrogens with zero attached hydrogens (tertiary/aromatic N) is 2. The Bertz CT molecular complexity index is 1690. The van der Waals surface area contributed by atoms with E-state index in [-0.39, 0.29) is 28.5 Å². The van der Waals surface area contributed by atoms with Crippen molar-refractivity contribution in [1.29, 1.82) is 0 Å². The van der Waals surface area contributed by atoms with Crippen molar-refractivity contribution in [2.24, 2.45) is 0 Å². The van der Waals surface area contributed by atoms with Gasteiger partial charge in [0.1, 0.15) is 16.7 Å². The molecule has 170 valence electrons. The van der Waals surface area contributed by atoms with Crippen molar-refractivity contribution in [1.82, 2.24) is 14.5 Å². The third-order valence-electron chi connectivity index (χ3n) is 5.96. The van der Waals surface area contributed by atoms with Crippen LogP contribution in [0, 0.1) is 19.7 Å². The number of carboxylic acid groups (broad SMARTS) is 1.